The Balaban J connectivity index is 2.09. The highest BCUT2D eigenvalue weighted by Gasteiger charge is 2.08. The number of carbonyl (C=O) groups is 1. The molecule has 0 bridgehead atoms. The van der Waals surface area contributed by atoms with E-state index in [1.165, 1.54) is 6.07 Å². The van der Waals surface area contributed by atoms with Gasteiger partial charge in [-0.15, -0.1) is 10.2 Å². The molecule has 2 aromatic heterocycles. The molecule has 0 amide bonds. The van der Waals surface area contributed by atoms with E-state index in [2.05, 4.69) is 15.2 Å². The lowest BCUT2D eigenvalue weighted by molar-refractivity contribution is 0.0689. The Morgan fingerprint density at radius 3 is 2.50 bits per heavy atom. The van der Waals surface area contributed by atoms with Gasteiger partial charge in [0, 0.05) is 26.0 Å². The van der Waals surface area contributed by atoms with Crippen molar-refractivity contribution >= 4 is 11.8 Å². The van der Waals surface area contributed by atoms with Crippen molar-refractivity contribution in [2.75, 3.05) is 11.9 Å². The van der Waals surface area contributed by atoms with Crippen LogP contribution in [0.25, 0.3) is 0 Å². The van der Waals surface area contributed by atoms with Crippen molar-refractivity contribution in [1.29, 1.82) is 0 Å². The molecule has 0 spiro atoms. The summed E-state index contributed by atoms with van der Waals surface area (Å²) < 4.78 is 0. The Hall–Kier alpha value is -2.50. The summed E-state index contributed by atoms with van der Waals surface area (Å²) >= 11 is 0. The standard InChI is InChI=1S/C12H12N4O2/c1-16(8-9-4-6-13-7-5-9)11-3-2-10(12(17)18)14-15-11/h2-7H,8H2,1H3,(H,17,18). The monoisotopic (exact) mass is 244 g/mol. The molecule has 18 heavy (non-hydrogen) atoms. The van der Waals surface area contributed by atoms with Gasteiger partial charge in [0.1, 0.15) is 0 Å². The van der Waals surface area contributed by atoms with Crippen LogP contribution in [0.1, 0.15) is 16.1 Å². The molecule has 0 radical (unpaired) electrons. The maximum atomic E-state index is 10.7. The lowest BCUT2D eigenvalue weighted by atomic mass is 10.2. The average Bonchev–Trinajstić information content (AvgIpc) is 2.40. The zero-order valence-corrected chi connectivity index (χ0v) is 9.82. The molecular weight excluding hydrogens is 232 g/mol. The van der Waals surface area contributed by atoms with Crippen LogP contribution < -0.4 is 4.90 Å². The van der Waals surface area contributed by atoms with E-state index >= 15 is 0 Å². The highest BCUT2D eigenvalue weighted by atomic mass is 16.4. The third kappa shape index (κ3) is 2.79. The van der Waals surface area contributed by atoms with Crippen LogP contribution in [-0.4, -0.2) is 33.3 Å². The number of hydrogen-bond donors (Lipinski definition) is 1. The van der Waals surface area contributed by atoms with Gasteiger partial charge in [-0.25, -0.2) is 4.79 Å². The topological polar surface area (TPSA) is 79.2 Å². The number of hydrogen-bond acceptors (Lipinski definition) is 5. The largest absolute Gasteiger partial charge is 0.476 e. The van der Waals surface area contributed by atoms with E-state index in [0.717, 1.165) is 5.56 Å². The average molecular weight is 244 g/mol. The first-order valence-corrected chi connectivity index (χ1v) is 5.34. The molecule has 0 aliphatic heterocycles. The zero-order valence-electron chi connectivity index (χ0n) is 9.82. The van der Waals surface area contributed by atoms with Crippen LogP contribution in [0.2, 0.25) is 0 Å². The van der Waals surface area contributed by atoms with Gasteiger partial charge in [-0.2, -0.15) is 0 Å². The molecule has 92 valence electrons. The smallest absolute Gasteiger partial charge is 0.356 e. The van der Waals surface area contributed by atoms with Crippen molar-refractivity contribution in [3.8, 4) is 0 Å². The number of rotatable bonds is 4. The van der Waals surface area contributed by atoms with Crippen LogP contribution in [0.5, 0.6) is 0 Å². The van der Waals surface area contributed by atoms with Gasteiger partial charge in [0.15, 0.2) is 11.5 Å². The Bertz CT molecular complexity index is 528. The third-order valence-corrected chi connectivity index (χ3v) is 2.43. The van der Waals surface area contributed by atoms with Crippen molar-refractivity contribution in [3.63, 3.8) is 0 Å². The van der Waals surface area contributed by atoms with E-state index in [0.29, 0.717) is 12.4 Å². The fourth-order valence-electron chi connectivity index (χ4n) is 1.49. The molecule has 0 saturated heterocycles. The predicted octanol–water partition coefficient (Wildman–Crippen LogP) is 1.21. The summed E-state index contributed by atoms with van der Waals surface area (Å²) in [6, 6.07) is 6.90. The molecule has 1 N–H and O–H groups in total. The van der Waals surface area contributed by atoms with Crippen LogP contribution in [0.15, 0.2) is 36.7 Å². The first-order valence-electron chi connectivity index (χ1n) is 5.34. The molecular formula is C12H12N4O2. The number of aromatic carboxylic acids is 1. The summed E-state index contributed by atoms with van der Waals surface area (Å²) in [4.78, 5) is 16.5. The Morgan fingerprint density at radius 2 is 1.94 bits per heavy atom. The minimum absolute atomic E-state index is 0.0592. The fourth-order valence-corrected chi connectivity index (χ4v) is 1.49. The molecule has 2 aromatic rings. The quantitative estimate of drug-likeness (QED) is 0.870. The Morgan fingerprint density at radius 1 is 1.22 bits per heavy atom. The summed E-state index contributed by atoms with van der Waals surface area (Å²) in [5, 5.41) is 16.2. The van der Waals surface area contributed by atoms with Gasteiger partial charge in [0.2, 0.25) is 0 Å². The number of carboxylic acid groups (broad SMARTS) is 1. The maximum absolute atomic E-state index is 10.7. The van der Waals surface area contributed by atoms with Crippen LogP contribution in [0, 0.1) is 0 Å². The van der Waals surface area contributed by atoms with Gasteiger partial charge in [0.25, 0.3) is 0 Å². The highest BCUT2D eigenvalue weighted by Crippen LogP contribution is 2.11. The third-order valence-electron chi connectivity index (χ3n) is 2.43. The van der Waals surface area contributed by atoms with Crippen LogP contribution in [-0.2, 0) is 6.54 Å². The van der Waals surface area contributed by atoms with E-state index in [1.807, 2.05) is 24.1 Å². The van der Waals surface area contributed by atoms with E-state index in [-0.39, 0.29) is 5.69 Å². The second-order valence-corrected chi connectivity index (χ2v) is 3.79. The first-order chi connectivity index (χ1) is 8.66. The molecule has 6 nitrogen and oxygen atoms in total. The normalized spacial score (nSPS) is 10.1. The van der Waals surface area contributed by atoms with Gasteiger partial charge in [-0.3, -0.25) is 4.98 Å². The van der Waals surface area contributed by atoms with E-state index in [9.17, 15) is 4.79 Å². The van der Waals surface area contributed by atoms with Gasteiger partial charge in [0.05, 0.1) is 0 Å². The molecule has 0 atom stereocenters. The molecule has 0 aliphatic carbocycles. The maximum Gasteiger partial charge on any atom is 0.356 e. The molecule has 0 aliphatic rings. The van der Waals surface area contributed by atoms with Crippen molar-refractivity contribution in [1.82, 2.24) is 15.2 Å². The summed E-state index contributed by atoms with van der Waals surface area (Å²) in [6.45, 7) is 0.656. The van der Waals surface area contributed by atoms with Gasteiger partial charge < -0.3 is 10.0 Å². The number of nitrogens with zero attached hydrogens (tertiary/aromatic N) is 4. The number of aromatic nitrogens is 3. The number of pyridine rings is 1. The van der Waals surface area contributed by atoms with Crippen molar-refractivity contribution < 1.29 is 9.90 Å². The number of anilines is 1. The van der Waals surface area contributed by atoms with Gasteiger partial charge >= 0.3 is 5.97 Å². The minimum Gasteiger partial charge on any atom is -0.476 e. The van der Waals surface area contributed by atoms with E-state index in [1.54, 1.807) is 18.5 Å². The molecule has 0 fully saturated rings. The summed E-state index contributed by atoms with van der Waals surface area (Å²) in [7, 11) is 1.87. The molecule has 0 saturated carbocycles. The molecule has 6 heteroatoms. The van der Waals surface area contributed by atoms with Crippen LogP contribution in [0.3, 0.4) is 0 Å². The summed E-state index contributed by atoms with van der Waals surface area (Å²) in [5.74, 6) is -0.456. The molecule has 0 aromatic carbocycles. The van der Waals surface area contributed by atoms with Gasteiger partial charge in [-0.1, -0.05) is 0 Å². The van der Waals surface area contributed by atoms with E-state index < -0.39 is 5.97 Å². The lowest BCUT2D eigenvalue weighted by Crippen LogP contribution is -2.18. The van der Waals surface area contributed by atoms with Crippen molar-refractivity contribution in [2.45, 2.75) is 6.54 Å². The van der Waals surface area contributed by atoms with Crippen LogP contribution in [0.4, 0.5) is 5.82 Å². The zero-order chi connectivity index (χ0) is 13.0. The van der Waals surface area contributed by atoms with Crippen LogP contribution >= 0.6 is 0 Å². The second kappa shape index (κ2) is 5.22. The highest BCUT2D eigenvalue weighted by molar-refractivity contribution is 5.85. The number of carboxylic acids is 1. The van der Waals surface area contributed by atoms with Crippen molar-refractivity contribution in [2.24, 2.45) is 0 Å². The van der Waals surface area contributed by atoms with Gasteiger partial charge in [-0.05, 0) is 29.8 Å². The fraction of sp³-hybridized carbons (Fsp3) is 0.167. The first kappa shape index (κ1) is 12.0. The second-order valence-electron chi connectivity index (χ2n) is 3.79. The minimum atomic E-state index is -1.08. The Kier molecular flexibility index (Phi) is 3.47. The Labute approximate surface area is 104 Å². The van der Waals surface area contributed by atoms with E-state index in [4.69, 9.17) is 5.11 Å². The predicted molar refractivity (Wildman–Crippen MR) is 65.3 cm³/mol. The summed E-state index contributed by atoms with van der Waals surface area (Å²) in [6.07, 6.45) is 3.45. The van der Waals surface area contributed by atoms with Crippen molar-refractivity contribution in [3.05, 3.63) is 47.9 Å². The summed E-state index contributed by atoms with van der Waals surface area (Å²) in [5.41, 5.74) is 1.03. The molecule has 0 unspecified atom stereocenters. The molecule has 2 rings (SSSR count). The molecule has 2 heterocycles. The SMILES string of the molecule is CN(Cc1ccncc1)c1ccc(C(=O)O)nn1. The lowest BCUT2D eigenvalue weighted by Gasteiger charge is -2.17.